The third-order valence-electron chi connectivity index (χ3n) is 3.65. The lowest BCUT2D eigenvalue weighted by Gasteiger charge is -2.13. The number of nitrogens with zero attached hydrogens (tertiary/aromatic N) is 1. The summed E-state index contributed by atoms with van der Waals surface area (Å²) in [6, 6.07) is 6.23. The van der Waals surface area contributed by atoms with Crippen molar-refractivity contribution in [1.29, 1.82) is 0 Å². The highest BCUT2D eigenvalue weighted by molar-refractivity contribution is 6.31. The molecule has 3 heteroatoms. The van der Waals surface area contributed by atoms with E-state index in [0.717, 1.165) is 34.5 Å². The molecule has 1 heterocycles. The fourth-order valence-corrected chi connectivity index (χ4v) is 2.74. The van der Waals surface area contributed by atoms with Gasteiger partial charge in [0, 0.05) is 34.3 Å². The highest BCUT2D eigenvalue weighted by Gasteiger charge is 2.26. The van der Waals surface area contributed by atoms with Crippen LogP contribution < -0.4 is 5.32 Å². The number of pyridine rings is 1. The zero-order valence-corrected chi connectivity index (χ0v) is 12.2. The third kappa shape index (κ3) is 2.55. The number of hydrogen-bond acceptors (Lipinski definition) is 2. The molecule has 1 fully saturated rings. The molecule has 1 aliphatic rings. The molecule has 0 radical (unpaired) electrons. The molecule has 0 aliphatic heterocycles. The number of aryl methyl sites for hydroxylation is 1. The van der Waals surface area contributed by atoms with Gasteiger partial charge in [-0.2, -0.15) is 0 Å². The summed E-state index contributed by atoms with van der Waals surface area (Å²) in [7, 11) is 0. The van der Waals surface area contributed by atoms with Crippen LogP contribution in [0.2, 0.25) is 5.02 Å². The average molecular weight is 275 g/mol. The molecule has 0 spiro atoms. The minimum Gasteiger partial charge on any atom is -0.384 e. The van der Waals surface area contributed by atoms with Crippen molar-refractivity contribution in [3.63, 3.8) is 0 Å². The molecule has 1 saturated carbocycles. The first-order chi connectivity index (χ1) is 9.19. The Hall–Kier alpha value is -1.28. The van der Waals surface area contributed by atoms with E-state index in [9.17, 15) is 0 Å². The zero-order valence-electron chi connectivity index (χ0n) is 11.5. The van der Waals surface area contributed by atoms with Crippen LogP contribution in [0.5, 0.6) is 0 Å². The molecule has 0 unspecified atom stereocenters. The Bertz CT molecular complexity index is 618. The molecule has 0 bridgehead atoms. The Labute approximate surface area is 119 Å². The number of hydrogen-bond donors (Lipinski definition) is 1. The number of anilines is 1. The molecule has 100 valence electrons. The predicted octanol–water partition coefficient (Wildman–Crippen LogP) is 4.90. The van der Waals surface area contributed by atoms with Gasteiger partial charge in [0.2, 0.25) is 0 Å². The van der Waals surface area contributed by atoms with Crippen molar-refractivity contribution in [3.05, 3.63) is 34.5 Å². The minimum atomic E-state index is 0.668. The maximum atomic E-state index is 6.19. The minimum absolute atomic E-state index is 0.668. The topological polar surface area (TPSA) is 24.9 Å². The summed E-state index contributed by atoms with van der Waals surface area (Å²) >= 11 is 6.19. The monoisotopic (exact) mass is 274 g/mol. The van der Waals surface area contributed by atoms with Gasteiger partial charge in [-0.15, -0.1) is 0 Å². The zero-order chi connectivity index (χ0) is 13.4. The van der Waals surface area contributed by atoms with Crippen LogP contribution in [-0.4, -0.2) is 11.5 Å². The van der Waals surface area contributed by atoms with Crippen molar-refractivity contribution in [2.24, 2.45) is 0 Å². The van der Waals surface area contributed by atoms with E-state index in [1.165, 1.54) is 24.2 Å². The van der Waals surface area contributed by atoms with E-state index < -0.39 is 0 Å². The quantitative estimate of drug-likeness (QED) is 0.858. The summed E-state index contributed by atoms with van der Waals surface area (Å²) in [6.45, 7) is 5.24. The second-order valence-corrected chi connectivity index (χ2v) is 5.85. The summed E-state index contributed by atoms with van der Waals surface area (Å²) in [5.41, 5.74) is 4.66. The van der Waals surface area contributed by atoms with Crippen molar-refractivity contribution in [2.75, 3.05) is 11.9 Å². The Morgan fingerprint density at radius 3 is 2.79 bits per heavy atom. The first-order valence-corrected chi connectivity index (χ1v) is 7.41. The van der Waals surface area contributed by atoms with Crippen LogP contribution in [0, 0.1) is 6.92 Å². The second kappa shape index (κ2) is 5.01. The summed E-state index contributed by atoms with van der Waals surface area (Å²) in [4.78, 5) is 4.85. The number of rotatable bonds is 4. The highest BCUT2D eigenvalue weighted by atomic mass is 35.5. The first-order valence-electron chi connectivity index (χ1n) is 7.03. The average Bonchev–Trinajstić information content (AvgIpc) is 3.20. The highest BCUT2D eigenvalue weighted by Crippen LogP contribution is 2.41. The van der Waals surface area contributed by atoms with Crippen LogP contribution in [0.1, 0.15) is 43.4 Å². The van der Waals surface area contributed by atoms with Gasteiger partial charge in [-0.1, -0.05) is 18.5 Å². The van der Waals surface area contributed by atoms with E-state index in [0.29, 0.717) is 5.92 Å². The molecule has 1 aromatic carbocycles. The number of fused-ring (bicyclic) bond motifs is 1. The number of benzene rings is 1. The van der Waals surface area contributed by atoms with E-state index in [1.54, 1.807) is 0 Å². The molecule has 19 heavy (non-hydrogen) atoms. The summed E-state index contributed by atoms with van der Waals surface area (Å²) in [5.74, 6) is 0.668. The summed E-state index contributed by atoms with van der Waals surface area (Å²) in [5, 5.41) is 5.44. The second-order valence-electron chi connectivity index (χ2n) is 5.41. The van der Waals surface area contributed by atoms with E-state index in [1.807, 2.05) is 12.1 Å². The molecule has 0 saturated heterocycles. The van der Waals surface area contributed by atoms with Gasteiger partial charge in [-0.3, -0.25) is 4.98 Å². The number of aromatic nitrogens is 1. The van der Waals surface area contributed by atoms with Crippen LogP contribution in [0.15, 0.2) is 18.2 Å². The van der Waals surface area contributed by atoms with Gasteiger partial charge in [0.15, 0.2) is 0 Å². The van der Waals surface area contributed by atoms with Gasteiger partial charge in [0.05, 0.1) is 5.52 Å². The maximum Gasteiger partial charge on any atom is 0.0756 e. The van der Waals surface area contributed by atoms with Gasteiger partial charge >= 0.3 is 0 Å². The maximum absolute atomic E-state index is 6.19. The van der Waals surface area contributed by atoms with E-state index in [-0.39, 0.29) is 0 Å². The van der Waals surface area contributed by atoms with Crippen molar-refractivity contribution in [2.45, 2.75) is 39.0 Å². The summed E-state index contributed by atoms with van der Waals surface area (Å²) in [6.07, 6.45) is 3.67. The van der Waals surface area contributed by atoms with Crippen molar-refractivity contribution in [1.82, 2.24) is 4.98 Å². The van der Waals surface area contributed by atoms with Gasteiger partial charge < -0.3 is 5.32 Å². The molecule has 3 rings (SSSR count). The largest absolute Gasteiger partial charge is 0.384 e. The standard InChI is InChI=1S/C16H19ClN2/c1-3-6-18-15-9-14(11-4-5-11)19-16-10(2)7-12(17)8-13(15)16/h7-9,11H,3-6H2,1-2H3,(H,18,19). The molecular formula is C16H19ClN2. The molecule has 0 amide bonds. The molecule has 1 aliphatic carbocycles. The Morgan fingerprint density at radius 2 is 2.11 bits per heavy atom. The van der Waals surface area contributed by atoms with E-state index >= 15 is 0 Å². The van der Waals surface area contributed by atoms with Crippen LogP contribution >= 0.6 is 11.6 Å². The van der Waals surface area contributed by atoms with Crippen molar-refractivity contribution in [3.8, 4) is 0 Å². The Balaban J connectivity index is 2.17. The molecule has 1 N–H and O–H groups in total. The van der Waals surface area contributed by atoms with Crippen LogP contribution in [0.4, 0.5) is 5.69 Å². The van der Waals surface area contributed by atoms with Crippen molar-refractivity contribution < 1.29 is 0 Å². The lowest BCUT2D eigenvalue weighted by molar-refractivity contribution is 0.976. The Kier molecular flexibility index (Phi) is 3.36. The van der Waals surface area contributed by atoms with E-state index in [2.05, 4.69) is 25.2 Å². The third-order valence-corrected chi connectivity index (χ3v) is 3.87. The van der Waals surface area contributed by atoms with Gasteiger partial charge in [-0.05, 0) is 49.9 Å². The fraction of sp³-hybridized carbons (Fsp3) is 0.438. The SMILES string of the molecule is CCCNc1cc(C2CC2)nc2c(C)cc(Cl)cc12. The first kappa shape index (κ1) is 12.7. The molecule has 2 nitrogen and oxygen atoms in total. The normalized spacial score (nSPS) is 14.9. The lowest BCUT2D eigenvalue weighted by atomic mass is 10.1. The van der Waals surface area contributed by atoms with Crippen LogP contribution in [0.3, 0.4) is 0 Å². The number of halogens is 1. The molecule has 1 aromatic heterocycles. The summed E-state index contributed by atoms with van der Waals surface area (Å²) < 4.78 is 0. The molecule has 2 aromatic rings. The number of nitrogens with one attached hydrogen (secondary N) is 1. The Morgan fingerprint density at radius 1 is 1.32 bits per heavy atom. The van der Waals surface area contributed by atoms with Crippen LogP contribution in [0.25, 0.3) is 10.9 Å². The van der Waals surface area contributed by atoms with Gasteiger partial charge in [-0.25, -0.2) is 0 Å². The van der Waals surface area contributed by atoms with Gasteiger partial charge in [0.25, 0.3) is 0 Å². The fourth-order valence-electron chi connectivity index (χ4n) is 2.47. The van der Waals surface area contributed by atoms with Gasteiger partial charge in [0.1, 0.15) is 0 Å². The molecular weight excluding hydrogens is 256 g/mol. The lowest BCUT2D eigenvalue weighted by Crippen LogP contribution is -2.03. The van der Waals surface area contributed by atoms with Crippen LogP contribution in [-0.2, 0) is 0 Å². The molecule has 0 atom stereocenters. The van der Waals surface area contributed by atoms with E-state index in [4.69, 9.17) is 16.6 Å². The van der Waals surface area contributed by atoms with Crippen molar-refractivity contribution >= 4 is 28.2 Å². The smallest absolute Gasteiger partial charge is 0.0756 e. The predicted molar refractivity (Wildman–Crippen MR) is 82.2 cm³/mol.